The zero-order valence-corrected chi connectivity index (χ0v) is 6.98. The van der Waals surface area contributed by atoms with Crippen molar-refractivity contribution >= 4 is 28.3 Å². The van der Waals surface area contributed by atoms with Crippen LogP contribution >= 0.6 is 22.6 Å². The molecule has 0 aromatic carbocycles. The Kier molecular flexibility index (Phi) is 2.15. The Balaban J connectivity index is 3.07. The van der Waals surface area contributed by atoms with Crippen LogP contribution in [0.5, 0.6) is 0 Å². The quantitative estimate of drug-likeness (QED) is 0.432. The van der Waals surface area contributed by atoms with Crippen molar-refractivity contribution in [2.75, 3.05) is 0 Å². The first-order chi connectivity index (χ1) is 4.70. The lowest BCUT2D eigenvalue weighted by atomic mass is 10.4. The van der Waals surface area contributed by atoms with Gasteiger partial charge in [-0.1, -0.05) is 0 Å². The maximum absolute atomic E-state index is 10.1. The summed E-state index contributed by atoms with van der Waals surface area (Å²) in [5.41, 5.74) is 0.0342. The smallest absolute Gasteiger partial charge is 0.258 e. The molecule has 0 saturated heterocycles. The van der Waals surface area contributed by atoms with E-state index in [4.69, 9.17) is 0 Å². The van der Waals surface area contributed by atoms with Crippen LogP contribution in [0.2, 0.25) is 0 Å². The largest absolute Gasteiger partial charge is 0.288 e. The molecule has 1 rings (SSSR count). The molecule has 0 bridgehead atoms. The standard InChI is InChI=1S/C5H3IN2O2/c6-4-1-5(8(9)10)3-7-2-4/h1-3H. The van der Waals surface area contributed by atoms with Gasteiger partial charge in [0.2, 0.25) is 0 Å². The molecule has 1 heterocycles. The lowest BCUT2D eigenvalue weighted by Gasteiger charge is -1.88. The minimum absolute atomic E-state index is 0.0342. The molecule has 5 heteroatoms. The van der Waals surface area contributed by atoms with Crippen LogP contribution in [0.4, 0.5) is 5.69 Å². The molecule has 0 aliphatic carbocycles. The summed E-state index contributed by atoms with van der Waals surface area (Å²) in [5, 5.41) is 10.1. The van der Waals surface area contributed by atoms with Crippen molar-refractivity contribution in [2.45, 2.75) is 0 Å². The van der Waals surface area contributed by atoms with Gasteiger partial charge in [-0.15, -0.1) is 0 Å². The second-order valence-corrected chi connectivity index (χ2v) is 2.86. The number of nitrogens with zero attached hydrogens (tertiary/aromatic N) is 2. The van der Waals surface area contributed by atoms with Gasteiger partial charge in [-0.25, -0.2) is 0 Å². The molecule has 0 unspecified atom stereocenters. The fraction of sp³-hybridized carbons (Fsp3) is 0. The van der Waals surface area contributed by atoms with Crippen LogP contribution in [0.25, 0.3) is 0 Å². The number of hydrogen-bond acceptors (Lipinski definition) is 3. The normalized spacial score (nSPS) is 9.30. The average molecular weight is 250 g/mol. The fourth-order valence-electron chi connectivity index (χ4n) is 0.500. The second kappa shape index (κ2) is 2.91. The third kappa shape index (κ3) is 1.63. The van der Waals surface area contributed by atoms with Gasteiger partial charge >= 0.3 is 0 Å². The lowest BCUT2D eigenvalue weighted by molar-refractivity contribution is -0.385. The van der Waals surface area contributed by atoms with Gasteiger partial charge in [0.15, 0.2) is 0 Å². The van der Waals surface area contributed by atoms with Crippen LogP contribution in [0.3, 0.4) is 0 Å². The molecular formula is C5H3IN2O2. The van der Waals surface area contributed by atoms with Crippen LogP contribution in [0, 0.1) is 13.7 Å². The van der Waals surface area contributed by atoms with Crippen LogP contribution in [0.1, 0.15) is 0 Å². The molecule has 52 valence electrons. The molecule has 0 amide bonds. The highest BCUT2D eigenvalue weighted by molar-refractivity contribution is 14.1. The highest BCUT2D eigenvalue weighted by Gasteiger charge is 2.03. The maximum atomic E-state index is 10.1. The van der Waals surface area contributed by atoms with E-state index < -0.39 is 4.92 Å². The Labute approximate surface area is 70.6 Å². The number of halogens is 1. The molecule has 10 heavy (non-hydrogen) atoms. The van der Waals surface area contributed by atoms with E-state index in [1.807, 2.05) is 22.6 Å². The number of hydrogen-bond donors (Lipinski definition) is 0. The van der Waals surface area contributed by atoms with E-state index in [1.165, 1.54) is 12.3 Å². The molecule has 0 radical (unpaired) electrons. The van der Waals surface area contributed by atoms with Gasteiger partial charge in [0.1, 0.15) is 6.20 Å². The molecule has 4 nitrogen and oxygen atoms in total. The minimum atomic E-state index is -0.463. The van der Waals surface area contributed by atoms with Gasteiger partial charge in [0.05, 0.1) is 4.92 Å². The van der Waals surface area contributed by atoms with Crippen LogP contribution in [0.15, 0.2) is 18.5 Å². The van der Waals surface area contributed by atoms with Crippen molar-refractivity contribution in [1.82, 2.24) is 4.98 Å². The Morgan fingerprint density at radius 3 is 2.70 bits per heavy atom. The Bertz CT molecular complexity index is 264. The van der Waals surface area contributed by atoms with E-state index in [2.05, 4.69) is 4.98 Å². The molecule has 0 atom stereocenters. The monoisotopic (exact) mass is 250 g/mol. The van der Waals surface area contributed by atoms with Crippen molar-refractivity contribution in [3.63, 3.8) is 0 Å². The van der Waals surface area contributed by atoms with Crippen LogP contribution in [-0.4, -0.2) is 9.91 Å². The summed E-state index contributed by atoms with van der Waals surface area (Å²) < 4.78 is 0.770. The average Bonchev–Trinajstić information content (AvgIpc) is 1.88. The first-order valence-electron chi connectivity index (χ1n) is 2.45. The van der Waals surface area contributed by atoms with Crippen molar-refractivity contribution in [2.24, 2.45) is 0 Å². The summed E-state index contributed by atoms with van der Waals surface area (Å²) in [5.74, 6) is 0. The number of rotatable bonds is 1. The Hall–Kier alpha value is -0.720. The molecular weight excluding hydrogens is 247 g/mol. The zero-order valence-electron chi connectivity index (χ0n) is 4.82. The molecule has 0 spiro atoms. The van der Waals surface area contributed by atoms with E-state index in [9.17, 15) is 10.1 Å². The Morgan fingerprint density at radius 1 is 1.60 bits per heavy atom. The number of aromatic nitrogens is 1. The van der Waals surface area contributed by atoms with Gasteiger partial charge in [-0.2, -0.15) is 0 Å². The van der Waals surface area contributed by atoms with Crippen molar-refractivity contribution in [1.29, 1.82) is 0 Å². The van der Waals surface area contributed by atoms with Crippen LogP contribution in [-0.2, 0) is 0 Å². The molecule has 1 aromatic rings. The first kappa shape index (κ1) is 7.39. The summed E-state index contributed by atoms with van der Waals surface area (Å²) in [6.45, 7) is 0. The summed E-state index contributed by atoms with van der Waals surface area (Å²) in [6.07, 6.45) is 2.79. The maximum Gasteiger partial charge on any atom is 0.288 e. The van der Waals surface area contributed by atoms with Gasteiger partial charge in [0, 0.05) is 15.8 Å². The predicted octanol–water partition coefficient (Wildman–Crippen LogP) is 1.59. The molecule has 0 N–H and O–H groups in total. The van der Waals surface area contributed by atoms with E-state index in [-0.39, 0.29) is 5.69 Å². The number of nitro groups is 1. The predicted molar refractivity (Wildman–Crippen MR) is 43.6 cm³/mol. The van der Waals surface area contributed by atoms with E-state index in [0.717, 1.165) is 3.57 Å². The lowest BCUT2D eigenvalue weighted by Crippen LogP contribution is -1.88. The molecule has 0 aliphatic heterocycles. The molecule has 0 aliphatic rings. The number of pyridine rings is 1. The Morgan fingerprint density at radius 2 is 2.30 bits per heavy atom. The van der Waals surface area contributed by atoms with Crippen molar-refractivity contribution in [3.05, 3.63) is 32.1 Å². The van der Waals surface area contributed by atoms with Gasteiger partial charge in [-0.3, -0.25) is 15.1 Å². The van der Waals surface area contributed by atoms with E-state index in [0.29, 0.717) is 0 Å². The first-order valence-corrected chi connectivity index (χ1v) is 3.53. The third-order valence-corrected chi connectivity index (χ3v) is 1.49. The van der Waals surface area contributed by atoms with Crippen molar-refractivity contribution < 1.29 is 4.92 Å². The third-order valence-electron chi connectivity index (χ3n) is 0.901. The topological polar surface area (TPSA) is 56.0 Å². The summed E-state index contributed by atoms with van der Waals surface area (Å²) in [7, 11) is 0. The minimum Gasteiger partial charge on any atom is -0.258 e. The second-order valence-electron chi connectivity index (χ2n) is 1.62. The molecule has 1 aromatic heterocycles. The highest BCUT2D eigenvalue weighted by atomic mass is 127. The fourth-order valence-corrected chi connectivity index (χ4v) is 0.980. The SMILES string of the molecule is O=[N+]([O-])c1cncc(I)c1. The zero-order chi connectivity index (χ0) is 7.56. The summed E-state index contributed by atoms with van der Waals surface area (Å²) in [4.78, 5) is 13.3. The highest BCUT2D eigenvalue weighted by Crippen LogP contribution is 2.11. The van der Waals surface area contributed by atoms with Crippen LogP contribution < -0.4 is 0 Å². The van der Waals surface area contributed by atoms with Gasteiger partial charge in [0.25, 0.3) is 5.69 Å². The van der Waals surface area contributed by atoms with Gasteiger partial charge < -0.3 is 0 Å². The molecule has 0 fully saturated rings. The van der Waals surface area contributed by atoms with E-state index >= 15 is 0 Å². The summed E-state index contributed by atoms with van der Waals surface area (Å²) in [6, 6.07) is 1.47. The summed E-state index contributed by atoms with van der Waals surface area (Å²) >= 11 is 1.97. The molecule has 0 saturated carbocycles. The van der Waals surface area contributed by atoms with Gasteiger partial charge in [-0.05, 0) is 22.6 Å². The van der Waals surface area contributed by atoms with Crippen molar-refractivity contribution in [3.8, 4) is 0 Å². The van der Waals surface area contributed by atoms with E-state index in [1.54, 1.807) is 6.20 Å².